The van der Waals surface area contributed by atoms with Crippen LogP contribution in [-0.2, 0) is 47.6 Å². The molecule has 1 aliphatic carbocycles. The van der Waals surface area contributed by atoms with Crippen molar-refractivity contribution < 1.29 is 41.0 Å². The minimum atomic E-state index is -0.680. The summed E-state index contributed by atoms with van der Waals surface area (Å²) in [5, 5.41) is 11.3. The van der Waals surface area contributed by atoms with Crippen molar-refractivity contribution in [2.24, 2.45) is 17.3 Å². The van der Waals surface area contributed by atoms with Crippen molar-refractivity contribution in [3.8, 4) is 11.3 Å². The molecule has 0 saturated carbocycles. The molecule has 2 aromatic heterocycles. The number of carbonyl (C=O) groups excluding carboxylic acids is 1. The molecular weight excluding hydrogens is 883 g/mol. The van der Waals surface area contributed by atoms with Crippen LogP contribution in [0.25, 0.3) is 42.2 Å². The maximum Gasteiger partial charge on any atom is 0.162 e. The minimum Gasteiger partial charge on any atom is -0.512 e. The van der Waals surface area contributed by atoms with Gasteiger partial charge in [-0.3, -0.25) is 9.78 Å². The van der Waals surface area contributed by atoms with Crippen LogP contribution in [0.3, 0.4) is 0 Å². The van der Waals surface area contributed by atoms with Gasteiger partial charge < -0.3 is 5.11 Å². The Morgan fingerprint density at radius 1 is 0.857 bits per heavy atom. The normalized spacial score (nSPS) is 17.5. The summed E-state index contributed by atoms with van der Waals surface area (Å²) >= 11 is 1.46. The number of hydrogen-bond acceptors (Lipinski definition) is 4. The van der Waals surface area contributed by atoms with Crippen LogP contribution in [0.15, 0.2) is 60.3 Å². The second kappa shape index (κ2) is 17.6. The van der Waals surface area contributed by atoms with E-state index in [1.165, 1.54) is 28.5 Å². The molecule has 305 valence electrons. The van der Waals surface area contributed by atoms with Crippen molar-refractivity contribution in [1.82, 2.24) is 4.98 Å². The molecular formula is C51H68IrNO2S-. The van der Waals surface area contributed by atoms with E-state index in [9.17, 15) is 12.6 Å². The van der Waals surface area contributed by atoms with Gasteiger partial charge in [-0.05, 0) is 101 Å². The predicted molar refractivity (Wildman–Crippen MR) is 240 cm³/mol. The molecule has 0 fully saturated rings. The summed E-state index contributed by atoms with van der Waals surface area (Å²) in [6, 6.07) is 2.35. The number of fused-ring (bicyclic) bond motifs is 6. The Morgan fingerprint density at radius 2 is 1.45 bits per heavy atom. The summed E-state index contributed by atoms with van der Waals surface area (Å²) in [7, 11) is 0. The van der Waals surface area contributed by atoms with Crippen molar-refractivity contribution >= 4 is 48.1 Å². The van der Waals surface area contributed by atoms with Crippen molar-refractivity contribution in [2.75, 3.05) is 0 Å². The van der Waals surface area contributed by atoms with Gasteiger partial charge in [0.1, 0.15) is 0 Å². The molecule has 1 aliphatic rings. The molecule has 2 heterocycles. The Labute approximate surface area is 367 Å². The first-order chi connectivity index (χ1) is 29.0. The zero-order valence-corrected chi connectivity index (χ0v) is 39.4. The largest absolute Gasteiger partial charge is 0.512 e. The van der Waals surface area contributed by atoms with Gasteiger partial charge in [0.05, 0.1) is 14.0 Å². The molecule has 5 aromatic rings. The standard InChI is InChI=1S/C38H44NS.C13H24O2.Ir/c1-35(2,3)22-25-20-28-27-15-18-39-32(24-19-23-13-11-12-14-26(23)29(21-24)36(4,5)6)34(27)40-33(28)31-30(25)37(7,8)16-17-38(31,9)10;1-5-10(6-2)12(14)9-13(15)11(7-3)8-4;/h11-15,18,20-21H,16-17,22H2,1-10H3;9-11,14H,5-8H2,1-4H3;/q-1;;/b;12-9-;/i11D,12D,13D,14D,15D,18D,20D,21D;;. The topological polar surface area (TPSA) is 50.2 Å². The van der Waals surface area contributed by atoms with Gasteiger partial charge >= 0.3 is 0 Å². The van der Waals surface area contributed by atoms with Gasteiger partial charge in [-0.1, -0.05) is 126 Å². The maximum absolute atomic E-state index is 11.7. The number of pyridine rings is 1. The third kappa shape index (κ3) is 9.54. The van der Waals surface area contributed by atoms with E-state index in [1.807, 2.05) is 48.5 Å². The van der Waals surface area contributed by atoms with E-state index in [2.05, 4.69) is 59.5 Å². The molecule has 0 aliphatic heterocycles. The van der Waals surface area contributed by atoms with Crippen LogP contribution in [0, 0.1) is 23.3 Å². The number of nitrogens with zero attached hydrogens (tertiary/aromatic N) is 1. The number of rotatable bonds is 9. The first kappa shape index (κ1) is 35.1. The SMILES string of the molecule is CCC(CC)C(=O)/C=C(\O)C(CC)CC.[2H]c1nc(-c2[c-]c3c([2H])c([2H])c([2H])c([2H])c3c(C(C)(C)C)c2[2H])c2sc3c4c(c(CC(C)(C)C)c([2H])c3c2c1[2H])C(C)(C)CCC4(C)C.[Ir]. The number of thiophene rings is 1. The number of allylic oxidation sites excluding steroid dienone is 2. The van der Waals surface area contributed by atoms with Gasteiger partial charge in [0, 0.05) is 67.4 Å². The maximum atomic E-state index is 11.7. The molecule has 0 unspecified atom stereocenters. The molecule has 3 aromatic carbocycles. The second-order valence-corrected chi connectivity index (χ2v) is 20.1. The molecule has 56 heavy (non-hydrogen) atoms. The van der Waals surface area contributed by atoms with E-state index in [0.29, 0.717) is 33.5 Å². The summed E-state index contributed by atoms with van der Waals surface area (Å²) in [5.74, 6) is 0.547. The average molecular weight is 959 g/mol. The molecule has 0 bridgehead atoms. The number of aliphatic hydroxyl groups is 1. The van der Waals surface area contributed by atoms with E-state index in [-0.39, 0.29) is 124 Å². The molecule has 3 nitrogen and oxygen atoms in total. The van der Waals surface area contributed by atoms with E-state index in [4.69, 9.17) is 8.22 Å². The van der Waals surface area contributed by atoms with E-state index < -0.39 is 5.41 Å². The van der Waals surface area contributed by atoms with Crippen LogP contribution in [0.2, 0.25) is 0 Å². The Kier molecular flexibility index (Phi) is 11.0. The zero-order chi connectivity index (χ0) is 47.6. The summed E-state index contributed by atoms with van der Waals surface area (Å²) in [6.07, 6.45) is 7.28. The van der Waals surface area contributed by atoms with Gasteiger partial charge in [-0.2, -0.15) is 0 Å². The van der Waals surface area contributed by atoms with Crippen LogP contribution < -0.4 is 0 Å². The Morgan fingerprint density at radius 3 is 2.02 bits per heavy atom. The molecule has 0 amide bonds. The van der Waals surface area contributed by atoms with Crippen molar-refractivity contribution in [3.63, 3.8) is 0 Å². The fraction of sp³-hybridized carbons (Fsp3) is 0.529. The van der Waals surface area contributed by atoms with Crippen molar-refractivity contribution in [2.45, 2.75) is 158 Å². The van der Waals surface area contributed by atoms with Gasteiger partial charge in [0.15, 0.2) is 5.78 Å². The molecule has 5 heteroatoms. The number of aromatic nitrogens is 1. The van der Waals surface area contributed by atoms with Crippen LogP contribution in [0.1, 0.15) is 169 Å². The molecule has 1 radical (unpaired) electrons. The predicted octanol–water partition coefficient (Wildman–Crippen LogP) is 15.2. The smallest absolute Gasteiger partial charge is 0.162 e. The van der Waals surface area contributed by atoms with E-state index in [1.54, 1.807) is 0 Å². The Bertz CT molecular complexity index is 2640. The van der Waals surface area contributed by atoms with Crippen molar-refractivity contribution in [1.29, 1.82) is 0 Å². The molecule has 6 rings (SSSR count). The Balaban J connectivity index is 0.000000482. The molecule has 0 spiro atoms. The average Bonchev–Trinajstić information content (AvgIpc) is 3.58. The second-order valence-electron chi connectivity index (χ2n) is 19.1. The quantitative estimate of drug-likeness (QED) is 0.0910. The number of carbonyl (C=O) groups is 1. The van der Waals surface area contributed by atoms with Gasteiger partial charge in [0.25, 0.3) is 0 Å². The van der Waals surface area contributed by atoms with Crippen LogP contribution in [0.4, 0.5) is 0 Å². The first-order valence-corrected chi connectivity index (χ1v) is 21.1. The van der Waals surface area contributed by atoms with E-state index in [0.717, 1.165) is 48.8 Å². The summed E-state index contributed by atoms with van der Waals surface area (Å²) in [5.41, 5.74) is 3.23. The summed E-state index contributed by atoms with van der Waals surface area (Å²) in [4.78, 5) is 16.3. The molecule has 0 saturated heterocycles. The van der Waals surface area contributed by atoms with Crippen LogP contribution in [-0.4, -0.2) is 15.9 Å². The minimum absolute atomic E-state index is 0. The number of aliphatic hydroxyl groups excluding tert-OH is 1. The van der Waals surface area contributed by atoms with Gasteiger partial charge in [-0.15, -0.1) is 40.4 Å². The van der Waals surface area contributed by atoms with Crippen molar-refractivity contribution in [3.05, 3.63) is 88.6 Å². The first-order valence-electron chi connectivity index (χ1n) is 24.3. The van der Waals surface area contributed by atoms with Crippen LogP contribution in [0.5, 0.6) is 0 Å². The van der Waals surface area contributed by atoms with Gasteiger partial charge in [-0.25, -0.2) is 0 Å². The van der Waals surface area contributed by atoms with Crippen LogP contribution >= 0.6 is 11.3 Å². The molecule has 1 N–H and O–H groups in total. The third-order valence-corrected chi connectivity index (χ3v) is 12.7. The van der Waals surface area contributed by atoms with Gasteiger partial charge in [0.2, 0.25) is 0 Å². The molecule has 0 atom stereocenters. The number of ketones is 1. The fourth-order valence-electron chi connectivity index (χ4n) is 8.18. The monoisotopic (exact) mass is 960 g/mol. The van der Waals surface area contributed by atoms with E-state index >= 15 is 0 Å². The summed E-state index contributed by atoms with van der Waals surface area (Å²) in [6.45, 7) is 29.4. The Hall–Kier alpha value is -2.85. The fourth-order valence-corrected chi connectivity index (χ4v) is 9.62. The zero-order valence-electron chi connectivity index (χ0n) is 44.2. The third-order valence-electron chi connectivity index (χ3n) is 11.5. The number of hydrogen-bond donors (Lipinski definition) is 1. The summed E-state index contributed by atoms with van der Waals surface area (Å²) < 4.78 is 73.2. The number of benzene rings is 3.